The number of carbonyl (C=O) groups is 1. The van der Waals surface area contributed by atoms with Crippen LogP contribution in [-0.4, -0.2) is 74.0 Å². The van der Waals surface area contributed by atoms with Crippen molar-refractivity contribution >= 4 is 35.8 Å². The predicted molar refractivity (Wildman–Crippen MR) is 129 cm³/mol. The lowest BCUT2D eigenvalue weighted by Gasteiger charge is -2.41. The Morgan fingerprint density at radius 2 is 2.00 bits per heavy atom. The highest BCUT2D eigenvalue weighted by molar-refractivity contribution is 14.0. The molecule has 1 amide bonds. The highest BCUT2D eigenvalue weighted by atomic mass is 127. The summed E-state index contributed by atoms with van der Waals surface area (Å²) in [6.45, 7) is 6.39. The molecule has 4 fully saturated rings. The summed E-state index contributed by atoms with van der Waals surface area (Å²) in [5, 5.41) is 6.74. The van der Waals surface area contributed by atoms with Crippen molar-refractivity contribution in [3.05, 3.63) is 0 Å². The van der Waals surface area contributed by atoms with Crippen LogP contribution < -0.4 is 10.6 Å². The zero-order chi connectivity index (χ0) is 19.4. The van der Waals surface area contributed by atoms with E-state index in [0.29, 0.717) is 12.5 Å². The van der Waals surface area contributed by atoms with Gasteiger partial charge in [-0.15, -0.1) is 24.0 Å². The molecule has 2 N–H and O–H groups in total. The maximum absolute atomic E-state index is 11.8. The largest absolute Gasteiger partial charge is 0.355 e. The minimum atomic E-state index is 0. The second-order valence-corrected chi connectivity index (χ2v) is 9.70. The molecule has 7 heteroatoms. The first-order chi connectivity index (χ1) is 13.7. The molecule has 29 heavy (non-hydrogen) atoms. The second kappa shape index (κ2) is 10.6. The van der Waals surface area contributed by atoms with Gasteiger partial charge in [-0.1, -0.05) is 19.3 Å². The molecule has 2 atom stereocenters. The zero-order valence-electron chi connectivity index (χ0n) is 18.1. The van der Waals surface area contributed by atoms with Gasteiger partial charge in [0.05, 0.1) is 0 Å². The molecule has 3 saturated heterocycles. The van der Waals surface area contributed by atoms with E-state index in [9.17, 15) is 4.79 Å². The Hall–Kier alpha value is -0.570. The molecule has 1 saturated carbocycles. The number of amides is 1. The van der Waals surface area contributed by atoms with Crippen LogP contribution in [0.3, 0.4) is 0 Å². The first-order valence-corrected chi connectivity index (χ1v) is 11.6. The van der Waals surface area contributed by atoms with Crippen LogP contribution in [0.5, 0.6) is 0 Å². The fourth-order valence-corrected chi connectivity index (χ4v) is 6.04. The fourth-order valence-electron chi connectivity index (χ4n) is 6.04. The summed E-state index contributed by atoms with van der Waals surface area (Å²) in [6.07, 6.45) is 12.8. The Labute approximate surface area is 193 Å². The molecule has 1 spiro atoms. The molecule has 0 bridgehead atoms. The lowest BCUT2D eigenvalue weighted by Crippen LogP contribution is -2.53. The predicted octanol–water partition coefficient (Wildman–Crippen LogP) is 2.83. The van der Waals surface area contributed by atoms with Crippen LogP contribution in [0, 0.1) is 11.3 Å². The van der Waals surface area contributed by atoms with Crippen LogP contribution >= 0.6 is 24.0 Å². The van der Waals surface area contributed by atoms with Gasteiger partial charge in [-0.25, -0.2) is 0 Å². The van der Waals surface area contributed by atoms with Gasteiger partial charge in [0.25, 0.3) is 0 Å². The topological polar surface area (TPSA) is 60.0 Å². The van der Waals surface area contributed by atoms with Gasteiger partial charge in [-0.05, 0) is 51.0 Å². The Bertz CT molecular complexity index is 580. The molecule has 1 aliphatic carbocycles. The van der Waals surface area contributed by atoms with Crippen LogP contribution in [0.15, 0.2) is 4.99 Å². The SMILES string of the molecule is CN=C(NCC1CCCN1CC1CCCCC1)N1CCCC2(CNC(=O)C2)C1.I. The van der Waals surface area contributed by atoms with E-state index < -0.39 is 0 Å². The smallest absolute Gasteiger partial charge is 0.220 e. The van der Waals surface area contributed by atoms with Crippen LogP contribution in [0.25, 0.3) is 0 Å². The summed E-state index contributed by atoms with van der Waals surface area (Å²) in [5.41, 5.74) is 0.118. The number of likely N-dealkylation sites (tertiary alicyclic amines) is 2. The standard InChI is InChI=1S/C22H39N5O.HI/c1-23-21(27-12-6-10-22(17-27)13-20(28)25-16-22)24-14-19-9-5-11-26(19)15-18-7-3-2-4-8-18;/h18-19H,2-17H2,1H3,(H,23,24)(H,25,28);1H. The van der Waals surface area contributed by atoms with E-state index in [0.717, 1.165) is 50.9 Å². The van der Waals surface area contributed by atoms with Crippen molar-refractivity contribution in [3.8, 4) is 0 Å². The summed E-state index contributed by atoms with van der Waals surface area (Å²) in [7, 11) is 1.90. The van der Waals surface area contributed by atoms with Gasteiger partial charge in [0.2, 0.25) is 5.91 Å². The van der Waals surface area contributed by atoms with E-state index >= 15 is 0 Å². The molecule has 0 aromatic carbocycles. The molecule has 6 nitrogen and oxygen atoms in total. The van der Waals surface area contributed by atoms with Crippen molar-refractivity contribution in [1.82, 2.24) is 20.4 Å². The summed E-state index contributed by atoms with van der Waals surface area (Å²) in [4.78, 5) is 21.5. The third-order valence-corrected chi connectivity index (χ3v) is 7.58. The fraction of sp³-hybridized carbons (Fsp3) is 0.909. The van der Waals surface area contributed by atoms with Gasteiger partial charge < -0.3 is 15.5 Å². The number of hydrogen-bond donors (Lipinski definition) is 2. The lowest BCUT2D eigenvalue weighted by molar-refractivity contribution is -0.119. The number of guanidine groups is 1. The highest BCUT2D eigenvalue weighted by Gasteiger charge is 2.42. The van der Waals surface area contributed by atoms with Crippen molar-refractivity contribution in [2.45, 2.75) is 70.3 Å². The number of halogens is 1. The summed E-state index contributed by atoms with van der Waals surface area (Å²) >= 11 is 0. The molecule has 4 rings (SSSR count). The molecule has 0 aromatic rings. The number of carbonyl (C=O) groups excluding carboxylic acids is 1. The van der Waals surface area contributed by atoms with Gasteiger partial charge in [0, 0.05) is 57.6 Å². The molecular weight excluding hydrogens is 477 g/mol. The van der Waals surface area contributed by atoms with Gasteiger partial charge in [0.15, 0.2) is 5.96 Å². The number of aliphatic imine (C=N–C) groups is 1. The maximum atomic E-state index is 11.8. The molecular formula is C22H40IN5O. The van der Waals surface area contributed by atoms with Crippen LogP contribution in [-0.2, 0) is 4.79 Å². The Morgan fingerprint density at radius 3 is 2.72 bits per heavy atom. The molecule has 166 valence electrons. The number of nitrogens with one attached hydrogen (secondary N) is 2. The van der Waals surface area contributed by atoms with Crippen LogP contribution in [0.1, 0.15) is 64.2 Å². The van der Waals surface area contributed by atoms with Gasteiger partial charge in [0.1, 0.15) is 0 Å². The molecule has 2 unspecified atom stereocenters. The van der Waals surface area contributed by atoms with Gasteiger partial charge in [-0.3, -0.25) is 14.7 Å². The summed E-state index contributed by atoms with van der Waals surface area (Å²) in [5.74, 6) is 2.17. The molecule has 3 heterocycles. The van der Waals surface area contributed by atoms with Crippen molar-refractivity contribution in [2.24, 2.45) is 16.3 Å². The molecule has 0 aromatic heterocycles. The highest BCUT2D eigenvalue weighted by Crippen LogP contribution is 2.36. The minimum absolute atomic E-state index is 0. The van der Waals surface area contributed by atoms with Crippen molar-refractivity contribution in [3.63, 3.8) is 0 Å². The Kier molecular flexibility index (Phi) is 8.48. The average Bonchev–Trinajstić information content (AvgIpc) is 3.30. The first-order valence-electron chi connectivity index (χ1n) is 11.6. The van der Waals surface area contributed by atoms with E-state index in [1.54, 1.807) is 0 Å². The monoisotopic (exact) mass is 517 g/mol. The number of hydrogen-bond acceptors (Lipinski definition) is 3. The Morgan fingerprint density at radius 1 is 1.17 bits per heavy atom. The molecule has 3 aliphatic heterocycles. The van der Waals surface area contributed by atoms with E-state index in [-0.39, 0.29) is 35.3 Å². The summed E-state index contributed by atoms with van der Waals surface area (Å²) in [6, 6.07) is 0.646. The Balaban J connectivity index is 0.00000240. The lowest BCUT2D eigenvalue weighted by atomic mass is 9.79. The minimum Gasteiger partial charge on any atom is -0.355 e. The van der Waals surface area contributed by atoms with Gasteiger partial charge in [-0.2, -0.15) is 0 Å². The van der Waals surface area contributed by atoms with Gasteiger partial charge >= 0.3 is 0 Å². The molecule has 4 aliphatic rings. The maximum Gasteiger partial charge on any atom is 0.220 e. The third-order valence-electron chi connectivity index (χ3n) is 7.58. The number of rotatable bonds is 4. The first kappa shape index (κ1) is 23.1. The van der Waals surface area contributed by atoms with Crippen LogP contribution in [0.2, 0.25) is 0 Å². The number of nitrogens with zero attached hydrogens (tertiary/aromatic N) is 3. The van der Waals surface area contributed by atoms with E-state index in [1.807, 2.05) is 7.05 Å². The normalized spacial score (nSPS) is 31.8. The zero-order valence-corrected chi connectivity index (χ0v) is 20.5. The van der Waals surface area contributed by atoms with E-state index in [1.165, 1.54) is 58.0 Å². The van der Waals surface area contributed by atoms with E-state index in [2.05, 4.69) is 25.4 Å². The second-order valence-electron chi connectivity index (χ2n) is 9.70. The average molecular weight is 518 g/mol. The van der Waals surface area contributed by atoms with Crippen molar-refractivity contribution in [1.29, 1.82) is 0 Å². The quantitative estimate of drug-likeness (QED) is 0.342. The van der Waals surface area contributed by atoms with Crippen molar-refractivity contribution < 1.29 is 4.79 Å². The summed E-state index contributed by atoms with van der Waals surface area (Å²) < 4.78 is 0. The third kappa shape index (κ3) is 5.77. The van der Waals surface area contributed by atoms with Crippen LogP contribution in [0.4, 0.5) is 0 Å². The van der Waals surface area contributed by atoms with Crippen molar-refractivity contribution in [2.75, 3.05) is 46.3 Å². The van der Waals surface area contributed by atoms with E-state index in [4.69, 9.17) is 0 Å². The number of piperidine rings is 1. The molecule has 0 radical (unpaired) electrons.